The monoisotopic (exact) mass is 522 g/mol. The topological polar surface area (TPSA) is 105 Å². The molecule has 4 rings (SSSR count). The SMILES string of the molecule is C[C@@H](CC(=O)O)NC(=O)c1cc(Br)cc(NC(=O)OCC2c3ccccc3-c3ccccc32)c1. The molecule has 1 atom stereocenters. The van der Waals surface area contributed by atoms with Crippen LogP contribution in [0.3, 0.4) is 0 Å². The van der Waals surface area contributed by atoms with Gasteiger partial charge in [-0.3, -0.25) is 14.9 Å². The molecule has 0 saturated carbocycles. The van der Waals surface area contributed by atoms with Crippen LogP contribution in [-0.4, -0.2) is 35.7 Å². The molecule has 1 aliphatic carbocycles. The highest BCUT2D eigenvalue weighted by Crippen LogP contribution is 2.44. The van der Waals surface area contributed by atoms with E-state index in [0.29, 0.717) is 10.2 Å². The molecule has 0 bridgehead atoms. The summed E-state index contributed by atoms with van der Waals surface area (Å²) in [5.74, 6) is -1.50. The van der Waals surface area contributed by atoms with E-state index in [9.17, 15) is 14.4 Å². The molecule has 0 radical (unpaired) electrons. The Balaban J connectivity index is 1.42. The van der Waals surface area contributed by atoms with Gasteiger partial charge in [-0.05, 0) is 47.4 Å². The number of halogens is 1. The first-order valence-electron chi connectivity index (χ1n) is 10.8. The number of benzene rings is 3. The minimum absolute atomic E-state index is 0.0577. The van der Waals surface area contributed by atoms with Crippen molar-refractivity contribution in [1.29, 1.82) is 0 Å². The molecule has 0 aromatic heterocycles. The minimum atomic E-state index is -1.00. The molecule has 0 saturated heterocycles. The summed E-state index contributed by atoms with van der Waals surface area (Å²) in [7, 11) is 0. The van der Waals surface area contributed by atoms with Gasteiger partial charge in [-0.1, -0.05) is 64.5 Å². The highest BCUT2D eigenvalue weighted by atomic mass is 79.9. The fourth-order valence-electron chi connectivity index (χ4n) is 4.17. The molecular weight excluding hydrogens is 500 g/mol. The van der Waals surface area contributed by atoms with Gasteiger partial charge in [0, 0.05) is 27.7 Å². The van der Waals surface area contributed by atoms with Crippen LogP contribution in [0.1, 0.15) is 40.7 Å². The van der Waals surface area contributed by atoms with Crippen molar-refractivity contribution in [2.75, 3.05) is 11.9 Å². The summed E-state index contributed by atoms with van der Waals surface area (Å²) in [4.78, 5) is 35.9. The highest BCUT2D eigenvalue weighted by Gasteiger charge is 2.29. The zero-order valence-electron chi connectivity index (χ0n) is 18.4. The van der Waals surface area contributed by atoms with E-state index in [1.165, 1.54) is 6.07 Å². The fourth-order valence-corrected chi connectivity index (χ4v) is 4.66. The minimum Gasteiger partial charge on any atom is -0.481 e. The Morgan fingerprint density at radius 3 is 2.24 bits per heavy atom. The van der Waals surface area contributed by atoms with Crippen LogP contribution in [0.15, 0.2) is 71.2 Å². The average molecular weight is 523 g/mol. The molecule has 0 unspecified atom stereocenters. The number of ether oxygens (including phenoxy) is 1. The van der Waals surface area contributed by atoms with Crippen molar-refractivity contribution in [3.63, 3.8) is 0 Å². The van der Waals surface area contributed by atoms with Crippen LogP contribution in [-0.2, 0) is 9.53 Å². The van der Waals surface area contributed by atoms with Crippen molar-refractivity contribution in [3.05, 3.63) is 87.9 Å². The van der Waals surface area contributed by atoms with Crippen molar-refractivity contribution in [1.82, 2.24) is 5.32 Å². The van der Waals surface area contributed by atoms with Gasteiger partial charge in [0.15, 0.2) is 0 Å². The summed E-state index contributed by atoms with van der Waals surface area (Å²) in [5.41, 5.74) is 5.18. The average Bonchev–Trinajstić information content (AvgIpc) is 3.10. The molecular formula is C26H23BrN2O5. The van der Waals surface area contributed by atoms with Gasteiger partial charge in [0.05, 0.1) is 6.42 Å². The maximum Gasteiger partial charge on any atom is 0.411 e. The number of amides is 2. The Labute approximate surface area is 205 Å². The highest BCUT2D eigenvalue weighted by molar-refractivity contribution is 9.10. The summed E-state index contributed by atoms with van der Waals surface area (Å²) in [6.45, 7) is 1.79. The zero-order chi connectivity index (χ0) is 24.2. The van der Waals surface area contributed by atoms with Gasteiger partial charge in [-0.25, -0.2) is 4.79 Å². The van der Waals surface area contributed by atoms with Gasteiger partial charge in [0.2, 0.25) is 0 Å². The Morgan fingerprint density at radius 1 is 1.00 bits per heavy atom. The lowest BCUT2D eigenvalue weighted by molar-refractivity contribution is -0.137. The van der Waals surface area contributed by atoms with Crippen molar-refractivity contribution in [3.8, 4) is 11.1 Å². The third-order valence-corrected chi connectivity index (χ3v) is 6.07. The summed E-state index contributed by atoms with van der Waals surface area (Å²) in [6.07, 6.45) is -0.824. The number of fused-ring (bicyclic) bond motifs is 3. The number of hydrogen-bond acceptors (Lipinski definition) is 4. The lowest BCUT2D eigenvalue weighted by atomic mass is 9.98. The lowest BCUT2D eigenvalue weighted by Crippen LogP contribution is -2.34. The second-order valence-corrected chi connectivity index (χ2v) is 9.07. The maximum absolute atomic E-state index is 12.6. The van der Waals surface area contributed by atoms with E-state index in [0.717, 1.165) is 22.3 Å². The summed E-state index contributed by atoms with van der Waals surface area (Å²) < 4.78 is 6.14. The van der Waals surface area contributed by atoms with Crippen molar-refractivity contribution >= 4 is 39.6 Å². The molecule has 0 fully saturated rings. The number of hydrogen-bond donors (Lipinski definition) is 3. The molecule has 3 aromatic rings. The molecule has 1 aliphatic rings. The lowest BCUT2D eigenvalue weighted by Gasteiger charge is -2.15. The number of carbonyl (C=O) groups excluding carboxylic acids is 2. The number of carboxylic acid groups (broad SMARTS) is 1. The number of aliphatic carboxylic acids is 1. The zero-order valence-corrected chi connectivity index (χ0v) is 20.0. The second kappa shape index (κ2) is 10.1. The Kier molecular flexibility index (Phi) is 6.98. The van der Waals surface area contributed by atoms with E-state index in [-0.39, 0.29) is 24.5 Å². The van der Waals surface area contributed by atoms with Crippen molar-refractivity contribution in [2.24, 2.45) is 0 Å². The molecule has 174 valence electrons. The number of anilines is 1. The normalized spacial score (nSPS) is 12.9. The van der Waals surface area contributed by atoms with Gasteiger partial charge in [0.1, 0.15) is 6.61 Å². The number of nitrogens with one attached hydrogen (secondary N) is 2. The van der Waals surface area contributed by atoms with Gasteiger partial charge in [-0.15, -0.1) is 0 Å². The molecule has 0 aliphatic heterocycles. The van der Waals surface area contributed by atoms with Crippen LogP contribution in [0.25, 0.3) is 11.1 Å². The second-order valence-electron chi connectivity index (χ2n) is 8.15. The number of carbonyl (C=O) groups is 3. The molecule has 3 N–H and O–H groups in total. The summed E-state index contributed by atoms with van der Waals surface area (Å²) in [5, 5.41) is 14.2. The van der Waals surface area contributed by atoms with E-state index in [4.69, 9.17) is 9.84 Å². The van der Waals surface area contributed by atoms with Gasteiger partial charge < -0.3 is 15.2 Å². The van der Waals surface area contributed by atoms with Gasteiger partial charge in [-0.2, -0.15) is 0 Å². The van der Waals surface area contributed by atoms with E-state index in [1.54, 1.807) is 19.1 Å². The van der Waals surface area contributed by atoms with Crippen LogP contribution >= 0.6 is 15.9 Å². The largest absolute Gasteiger partial charge is 0.481 e. The Hall–Kier alpha value is -3.65. The molecule has 2 amide bonds. The first-order chi connectivity index (χ1) is 16.3. The number of rotatable bonds is 7. The first-order valence-corrected chi connectivity index (χ1v) is 11.6. The van der Waals surface area contributed by atoms with E-state index >= 15 is 0 Å². The Morgan fingerprint density at radius 2 is 1.62 bits per heavy atom. The molecule has 7 nitrogen and oxygen atoms in total. The smallest absolute Gasteiger partial charge is 0.411 e. The quantitative estimate of drug-likeness (QED) is 0.385. The summed E-state index contributed by atoms with van der Waals surface area (Å²) in [6, 6.07) is 20.4. The maximum atomic E-state index is 12.6. The van der Waals surface area contributed by atoms with E-state index < -0.39 is 24.0 Å². The molecule has 8 heteroatoms. The number of carboxylic acids is 1. The first kappa shape index (κ1) is 23.5. The van der Waals surface area contributed by atoms with E-state index in [1.807, 2.05) is 36.4 Å². The van der Waals surface area contributed by atoms with Crippen LogP contribution in [0.2, 0.25) is 0 Å². The van der Waals surface area contributed by atoms with Crippen LogP contribution in [0.5, 0.6) is 0 Å². The molecule has 0 spiro atoms. The van der Waals surface area contributed by atoms with Crippen molar-refractivity contribution in [2.45, 2.75) is 25.3 Å². The van der Waals surface area contributed by atoms with Gasteiger partial charge in [0.25, 0.3) is 5.91 Å². The van der Waals surface area contributed by atoms with Crippen LogP contribution in [0.4, 0.5) is 10.5 Å². The van der Waals surface area contributed by atoms with Crippen LogP contribution < -0.4 is 10.6 Å². The van der Waals surface area contributed by atoms with E-state index in [2.05, 4.69) is 38.7 Å². The molecule has 0 heterocycles. The third-order valence-electron chi connectivity index (χ3n) is 5.61. The fraction of sp³-hybridized carbons (Fsp3) is 0.192. The third kappa shape index (κ3) is 5.28. The molecule has 3 aromatic carbocycles. The van der Waals surface area contributed by atoms with Gasteiger partial charge >= 0.3 is 12.1 Å². The predicted octanol–water partition coefficient (Wildman–Crippen LogP) is 5.40. The summed E-state index contributed by atoms with van der Waals surface area (Å²) >= 11 is 3.34. The predicted molar refractivity (Wildman–Crippen MR) is 132 cm³/mol. The molecule has 34 heavy (non-hydrogen) atoms. The Bertz CT molecular complexity index is 1210. The van der Waals surface area contributed by atoms with Crippen molar-refractivity contribution < 1.29 is 24.2 Å². The van der Waals surface area contributed by atoms with Crippen LogP contribution in [0, 0.1) is 0 Å². The standard InChI is InChI=1S/C26H23BrN2O5/c1-15(10-24(30)31)28-25(32)16-11-17(27)13-18(12-16)29-26(33)34-14-23-21-8-4-2-6-19(21)20-7-3-5-9-22(20)23/h2-9,11-13,15,23H,10,14H2,1H3,(H,28,32)(H,29,33)(H,30,31)/t15-/m0/s1.